The van der Waals surface area contributed by atoms with Crippen molar-refractivity contribution < 1.29 is 4.79 Å². The van der Waals surface area contributed by atoms with Crippen LogP contribution in [0.1, 0.15) is 20.8 Å². The van der Waals surface area contributed by atoms with Crippen LogP contribution in [-0.2, 0) is 0 Å². The van der Waals surface area contributed by atoms with Gasteiger partial charge in [0.05, 0.1) is 5.69 Å². The van der Waals surface area contributed by atoms with E-state index >= 15 is 0 Å². The Morgan fingerprint density at radius 2 is 1.75 bits per heavy atom. The highest BCUT2D eigenvalue weighted by molar-refractivity contribution is 7.13. The summed E-state index contributed by atoms with van der Waals surface area (Å²) in [6.07, 6.45) is 3.91. The van der Waals surface area contributed by atoms with Gasteiger partial charge in [-0.2, -0.15) is 0 Å². The lowest BCUT2D eigenvalue weighted by Gasteiger charge is -2.12. The molecule has 0 aliphatic carbocycles. The molecule has 0 fully saturated rings. The zero-order chi connectivity index (χ0) is 19.7. The van der Waals surface area contributed by atoms with Crippen LogP contribution in [0.25, 0.3) is 16.8 Å². The molecule has 4 rings (SSSR count). The van der Waals surface area contributed by atoms with Gasteiger partial charge in [-0.05, 0) is 60.9 Å². The number of aromatic nitrogens is 1. The summed E-state index contributed by atoms with van der Waals surface area (Å²) in [5, 5.41) is 5.79. The molecule has 140 valence electrons. The number of amides is 1. The Hall–Kier alpha value is -2.82. The van der Waals surface area contributed by atoms with E-state index in [0.29, 0.717) is 9.90 Å². The highest BCUT2D eigenvalue weighted by Gasteiger charge is 2.21. The molecular formula is C23H19ClN2OS. The molecule has 0 radical (unpaired) electrons. The van der Waals surface area contributed by atoms with Crippen LogP contribution in [0.5, 0.6) is 0 Å². The van der Waals surface area contributed by atoms with Gasteiger partial charge in [0.1, 0.15) is 4.88 Å². The predicted octanol–water partition coefficient (Wildman–Crippen LogP) is 6.73. The topological polar surface area (TPSA) is 34.0 Å². The van der Waals surface area contributed by atoms with Gasteiger partial charge in [-0.15, -0.1) is 11.3 Å². The monoisotopic (exact) mass is 406 g/mol. The van der Waals surface area contributed by atoms with Crippen LogP contribution < -0.4 is 5.32 Å². The van der Waals surface area contributed by atoms with Gasteiger partial charge in [0.25, 0.3) is 5.91 Å². The minimum atomic E-state index is -0.109. The summed E-state index contributed by atoms with van der Waals surface area (Å²) in [5.41, 5.74) is 5.89. The van der Waals surface area contributed by atoms with Crippen molar-refractivity contribution in [2.75, 3.05) is 5.32 Å². The highest BCUT2D eigenvalue weighted by Crippen LogP contribution is 2.36. The smallest absolute Gasteiger partial charge is 0.267 e. The average molecular weight is 407 g/mol. The fraction of sp³-hybridized carbons (Fsp3) is 0.0870. The van der Waals surface area contributed by atoms with Crippen LogP contribution in [0.4, 0.5) is 5.69 Å². The second-order valence-electron chi connectivity index (χ2n) is 6.70. The first-order valence-corrected chi connectivity index (χ1v) is 10.2. The van der Waals surface area contributed by atoms with E-state index in [-0.39, 0.29) is 5.91 Å². The minimum absolute atomic E-state index is 0.109. The lowest BCUT2D eigenvalue weighted by atomic mass is 10.1. The molecule has 0 bridgehead atoms. The van der Waals surface area contributed by atoms with E-state index in [1.54, 1.807) is 0 Å². The number of nitrogens with zero attached hydrogens (tertiary/aromatic N) is 1. The lowest BCUT2D eigenvalue weighted by Crippen LogP contribution is -2.14. The predicted molar refractivity (Wildman–Crippen MR) is 118 cm³/mol. The standard InChI is InChI=1S/C23H19ClN2OS/c1-15-5-6-16(2)20(13-15)25-23(27)22-21(26-11-3-4-12-26)19(14-28-22)17-7-9-18(24)10-8-17/h3-14H,1-2H3,(H,25,27). The molecular weight excluding hydrogens is 388 g/mol. The first-order valence-electron chi connectivity index (χ1n) is 8.92. The van der Waals surface area contributed by atoms with Crippen molar-refractivity contribution in [2.24, 2.45) is 0 Å². The molecule has 3 nitrogen and oxygen atoms in total. The van der Waals surface area contributed by atoms with Crippen molar-refractivity contribution in [3.05, 3.63) is 93.4 Å². The maximum atomic E-state index is 13.2. The Bertz CT molecular complexity index is 1130. The Morgan fingerprint density at radius 1 is 1.04 bits per heavy atom. The van der Waals surface area contributed by atoms with Crippen LogP contribution in [0, 0.1) is 13.8 Å². The van der Waals surface area contributed by atoms with E-state index in [0.717, 1.165) is 33.6 Å². The number of halogens is 1. The third-order valence-corrected chi connectivity index (χ3v) is 5.85. The van der Waals surface area contributed by atoms with Gasteiger partial charge in [-0.1, -0.05) is 35.9 Å². The van der Waals surface area contributed by atoms with E-state index in [9.17, 15) is 4.79 Å². The molecule has 2 heterocycles. The normalized spacial score (nSPS) is 10.8. The first-order chi connectivity index (χ1) is 13.5. The van der Waals surface area contributed by atoms with Gasteiger partial charge in [-0.25, -0.2) is 0 Å². The Labute approximate surface area is 173 Å². The minimum Gasteiger partial charge on any atom is -0.322 e. The SMILES string of the molecule is Cc1ccc(C)c(NC(=O)c2scc(-c3ccc(Cl)cc3)c2-n2cccc2)c1. The number of hydrogen-bond donors (Lipinski definition) is 1. The zero-order valence-corrected chi connectivity index (χ0v) is 17.1. The first kappa shape index (κ1) is 18.5. The van der Waals surface area contributed by atoms with Crippen LogP contribution in [0.15, 0.2) is 72.4 Å². The number of nitrogens with one attached hydrogen (secondary N) is 1. The van der Waals surface area contributed by atoms with Gasteiger partial charge < -0.3 is 9.88 Å². The highest BCUT2D eigenvalue weighted by atomic mass is 35.5. The summed E-state index contributed by atoms with van der Waals surface area (Å²) in [6, 6.07) is 17.6. The van der Waals surface area contributed by atoms with Gasteiger partial charge in [0.15, 0.2) is 0 Å². The molecule has 0 aliphatic rings. The molecule has 5 heteroatoms. The molecule has 0 aliphatic heterocycles. The van der Waals surface area contributed by atoms with Crippen molar-refractivity contribution >= 4 is 34.5 Å². The van der Waals surface area contributed by atoms with Crippen molar-refractivity contribution in [1.82, 2.24) is 4.57 Å². The lowest BCUT2D eigenvalue weighted by molar-refractivity contribution is 0.103. The third kappa shape index (κ3) is 3.61. The molecule has 2 aromatic heterocycles. The maximum Gasteiger partial charge on any atom is 0.267 e. The maximum absolute atomic E-state index is 13.2. The molecule has 4 aromatic rings. The average Bonchev–Trinajstić information content (AvgIpc) is 3.34. The van der Waals surface area contributed by atoms with Crippen LogP contribution in [0.3, 0.4) is 0 Å². The molecule has 0 spiro atoms. The fourth-order valence-electron chi connectivity index (χ4n) is 3.14. The van der Waals surface area contributed by atoms with Gasteiger partial charge in [0, 0.05) is 34.0 Å². The van der Waals surface area contributed by atoms with Gasteiger partial charge in [0.2, 0.25) is 0 Å². The number of anilines is 1. The van der Waals surface area contributed by atoms with E-state index in [1.807, 2.05) is 90.8 Å². The molecule has 0 unspecified atom stereocenters. The number of hydrogen-bond acceptors (Lipinski definition) is 2. The summed E-state index contributed by atoms with van der Waals surface area (Å²) >= 11 is 7.49. The Balaban J connectivity index is 1.78. The summed E-state index contributed by atoms with van der Waals surface area (Å²) in [7, 11) is 0. The van der Waals surface area contributed by atoms with Gasteiger partial charge >= 0.3 is 0 Å². The molecule has 28 heavy (non-hydrogen) atoms. The Morgan fingerprint density at radius 3 is 2.46 bits per heavy atom. The second kappa shape index (κ2) is 7.66. The Kier molecular flexibility index (Phi) is 5.07. The number of rotatable bonds is 4. The van der Waals surface area contributed by atoms with Gasteiger partial charge in [-0.3, -0.25) is 4.79 Å². The number of benzene rings is 2. The molecule has 0 atom stereocenters. The summed E-state index contributed by atoms with van der Waals surface area (Å²) in [6.45, 7) is 4.01. The van der Waals surface area contributed by atoms with E-state index in [4.69, 9.17) is 11.6 Å². The molecule has 0 saturated heterocycles. The molecule has 2 aromatic carbocycles. The van der Waals surface area contributed by atoms with Crippen molar-refractivity contribution in [3.8, 4) is 16.8 Å². The molecule has 1 N–H and O–H groups in total. The quantitative estimate of drug-likeness (QED) is 0.400. The van der Waals surface area contributed by atoms with Crippen LogP contribution in [0.2, 0.25) is 5.02 Å². The molecule has 1 amide bonds. The molecule has 0 saturated carbocycles. The van der Waals surface area contributed by atoms with Crippen molar-refractivity contribution in [1.29, 1.82) is 0 Å². The van der Waals surface area contributed by atoms with E-state index in [1.165, 1.54) is 11.3 Å². The van der Waals surface area contributed by atoms with Crippen LogP contribution in [-0.4, -0.2) is 10.5 Å². The zero-order valence-electron chi connectivity index (χ0n) is 15.6. The number of aryl methyl sites for hydroxylation is 2. The summed E-state index contributed by atoms with van der Waals surface area (Å²) in [4.78, 5) is 13.8. The fourth-order valence-corrected chi connectivity index (χ4v) is 4.23. The largest absolute Gasteiger partial charge is 0.322 e. The number of carbonyl (C=O) groups is 1. The number of carbonyl (C=O) groups excluding carboxylic acids is 1. The van der Waals surface area contributed by atoms with E-state index in [2.05, 4.69) is 5.32 Å². The summed E-state index contributed by atoms with van der Waals surface area (Å²) in [5.74, 6) is -0.109. The number of thiophene rings is 1. The third-order valence-electron chi connectivity index (χ3n) is 4.63. The van der Waals surface area contributed by atoms with Crippen molar-refractivity contribution in [2.45, 2.75) is 13.8 Å². The summed E-state index contributed by atoms with van der Waals surface area (Å²) < 4.78 is 1.98. The second-order valence-corrected chi connectivity index (χ2v) is 8.01. The van der Waals surface area contributed by atoms with Crippen molar-refractivity contribution in [3.63, 3.8) is 0 Å². The van der Waals surface area contributed by atoms with Crippen LogP contribution >= 0.6 is 22.9 Å². The van der Waals surface area contributed by atoms with E-state index < -0.39 is 0 Å².